The van der Waals surface area contributed by atoms with E-state index in [2.05, 4.69) is 4.98 Å². The molecular weight excluding hydrogens is 246 g/mol. The van der Waals surface area contributed by atoms with E-state index in [1.54, 1.807) is 0 Å². The Morgan fingerprint density at radius 3 is 2.22 bits per heavy atom. The van der Waals surface area contributed by atoms with Crippen molar-refractivity contribution in [3.63, 3.8) is 0 Å². The summed E-state index contributed by atoms with van der Waals surface area (Å²) in [4.78, 5) is 35.1. The molecule has 5 N–H and O–H groups in total. The Morgan fingerprint density at radius 1 is 1.28 bits per heavy atom. The van der Waals surface area contributed by atoms with Gasteiger partial charge in [0.1, 0.15) is 5.92 Å². The molecule has 0 aliphatic carbocycles. The van der Waals surface area contributed by atoms with E-state index in [9.17, 15) is 19.5 Å². The molecular formula is C10H11NO7. The quantitative estimate of drug-likeness (QED) is 0.460. The average molecular weight is 257 g/mol. The molecule has 1 rings (SSSR count). The molecule has 0 saturated carbocycles. The predicted octanol–water partition coefficient (Wildman–Crippen LogP) is -0.527. The molecule has 0 fully saturated rings. The van der Waals surface area contributed by atoms with Crippen LogP contribution in [0.4, 0.5) is 0 Å². The summed E-state index contributed by atoms with van der Waals surface area (Å²) in [5.74, 6) is -7.06. The molecule has 2 atom stereocenters. The highest BCUT2D eigenvalue weighted by Crippen LogP contribution is 2.31. The monoisotopic (exact) mass is 257 g/mol. The van der Waals surface area contributed by atoms with Crippen molar-refractivity contribution in [2.24, 2.45) is 0 Å². The van der Waals surface area contributed by atoms with E-state index in [0.29, 0.717) is 0 Å². The fourth-order valence-corrected chi connectivity index (χ4v) is 1.65. The van der Waals surface area contributed by atoms with Gasteiger partial charge in [0.25, 0.3) is 0 Å². The van der Waals surface area contributed by atoms with Crippen LogP contribution in [0.1, 0.15) is 18.0 Å². The number of aromatic nitrogens is 1. The first-order valence-electron chi connectivity index (χ1n) is 4.82. The van der Waals surface area contributed by atoms with Gasteiger partial charge in [0, 0.05) is 11.9 Å². The maximum Gasteiger partial charge on any atom is 0.337 e. The van der Waals surface area contributed by atoms with Gasteiger partial charge >= 0.3 is 17.9 Å². The van der Waals surface area contributed by atoms with Gasteiger partial charge in [0.2, 0.25) is 0 Å². The molecule has 8 heteroatoms. The van der Waals surface area contributed by atoms with E-state index in [4.69, 9.17) is 15.3 Å². The Balaban J connectivity index is 3.27. The number of nitrogens with one attached hydrogen (secondary N) is 1. The van der Waals surface area contributed by atoms with Crippen molar-refractivity contribution in [3.05, 3.63) is 24.0 Å². The molecule has 0 aliphatic heterocycles. The van der Waals surface area contributed by atoms with Crippen LogP contribution in [0.3, 0.4) is 0 Å². The van der Waals surface area contributed by atoms with E-state index in [1.165, 1.54) is 18.3 Å². The van der Waals surface area contributed by atoms with Crippen LogP contribution in [-0.4, -0.2) is 48.9 Å². The van der Waals surface area contributed by atoms with Gasteiger partial charge in [-0.2, -0.15) is 0 Å². The molecule has 0 spiro atoms. The third kappa shape index (κ3) is 2.48. The second kappa shape index (κ2) is 4.88. The summed E-state index contributed by atoms with van der Waals surface area (Å²) in [5.41, 5.74) is -3.02. The largest absolute Gasteiger partial charge is 0.481 e. The molecule has 0 aromatic carbocycles. The number of carbonyl (C=O) groups is 3. The van der Waals surface area contributed by atoms with E-state index in [-0.39, 0.29) is 5.69 Å². The zero-order chi connectivity index (χ0) is 13.9. The van der Waals surface area contributed by atoms with Gasteiger partial charge in [-0.3, -0.25) is 9.59 Å². The smallest absolute Gasteiger partial charge is 0.337 e. The molecule has 1 aromatic rings. The highest BCUT2D eigenvalue weighted by Gasteiger charge is 2.51. The molecule has 2 unspecified atom stereocenters. The zero-order valence-electron chi connectivity index (χ0n) is 9.03. The van der Waals surface area contributed by atoms with Crippen molar-refractivity contribution in [3.8, 4) is 0 Å². The number of aliphatic hydroxyl groups is 1. The molecule has 0 bridgehead atoms. The third-order valence-electron chi connectivity index (χ3n) is 2.45. The fourth-order valence-electron chi connectivity index (χ4n) is 1.65. The number of aromatic amines is 1. The topological polar surface area (TPSA) is 148 Å². The lowest BCUT2D eigenvalue weighted by Crippen LogP contribution is -2.49. The van der Waals surface area contributed by atoms with Crippen LogP contribution in [0.2, 0.25) is 0 Å². The highest BCUT2D eigenvalue weighted by molar-refractivity contribution is 5.92. The Bertz CT molecular complexity index is 467. The number of carboxylic acid groups (broad SMARTS) is 3. The molecule has 98 valence electrons. The highest BCUT2D eigenvalue weighted by atomic mass is 16.4. The van der Waals surface area contributed by atoms with Gasteiger partial charge in [-0.15, -0.1) is 0 Å². The van der Waals surface area contributed by atoms with E-state index in [0.717, 1.165) is 0 Å². The normalized spacial score (nSPS) is 15.6. The SMILES string of the molecule is O=C(O)CC(O)(C(=O)O)C(C(=O)O)c1ccc[nH]1. The minimum Gasteiger partial charge on any atom is -0.481 e. The van der Waals surface area contributed by atoms with Gasteiger partial charge in [0.05, 0.1) is 6.42 Å². The van der Waals surface area contributed by atoms with Crippen molar-refractivity contribution in [2.75, 3.05) is 0 Å². The van der Waals surface area contributed by atoms with Crippen molar-refractivity contribution < 1.29 is 34.8 Å². The predicted molar refractivity (Wildman–Crippen MR) is 56.0 cm³/mol. The van der Waals surface area contributed by atoms with Crippen LogP contribution in [0.25, 0.3) is 0 Å². The molecule has 1 heterocycles. The number of carboxylic acids is 3. The van der Waals surface area contributed by atoms with Crippen LogP contribution in [0.15, 0.2) is 18.3 Å². The molecule has 1 aromatic heterocycles. The standard InChI is InChI=1S/C10H11NO7/c12-6(13)4-10(18,9(16)17)7(8(14)15)5-2-1-3-11-5/h1-3,7,11,18H,4H2,(H,12,13)(H,14,15)(H,16,17). The van der Waals surface area contributed by atoms with Crippen molar-refractivity contribution >= 4 is 17.9 Å². The van der Waals surface area contributed by atoms with Crippen molar-refractivity contribution in [1.29, 1.82) is 0 Å². The lowest BCUT2D eigenvalue weighted by molar-refractivity contribution is -0.173. The maximum absolute atomic E-state index is 11.1. The number of H-pyrrole nitrogens is 1. The van der Waals surface area contributed by atoms with Crippen molar-refractivity contribution in [1.82, 2.24) is 4.98 Å². The molecule has 0 radical (unpaired) electrons. The van der Waals surface area contributed by atoms with Gasteiger partial charge in [-0.1, -0.05) is 0 Å². The number of hydrogen-bond acceptors (Lipinski definition) is 4. The molecule has 0 saturated heterocycles. The van der Waals surface area contributed by atoms with Crippen molar-refractivity contribution in [2.45, 2.75) is 17.9 Å². The summed E-state index contributed by atoms with van der Waals surface area (Å²) in [7, 11) is 0. The Morgan fingerprint density at radius 2 is 1.89 bits per heavy atom. The summed E-state index contributed by atoms with van der Waals surface area (Å²) < 4.78 is 0. The Kier molecular flexibility index (Phi) is 3.72. The first-order chi connectivity index (χ1) is 8.29. The first-order valence-corrected chi connectivity index (χ1v) is 4.82. The first kappa shape index (κ1) is 13.7. The number of aliphatic carboxylic acids is 3. The second-order valence-corrected chi connectivity index (χ2v) is 3.70. The number of hydrogen-bond donors (Lipinski definition) is 5. The third-order valence-corrected chi connectivity index (χ3v) is 2.45. The molecule has 0 aliphatic rings. The minimum absolute atomic E-state index is 0.0892. The lowest BCUT2D eigenvalue weighted by atomic mass is 9.82. The van der Waals surface area contributed by atoms with E-state index in [1.807, 2.05) is 0 Å². The van der Waals surface area contributed by atoms with Gasteiger partial charge < -0.3 is 25.4 Å². The van der Waals surface area contributed by atoms with Crippen LogP contribution in [0.5, 0.6) is 0 Å². The van der Waals surface area contributed by atoms with Gasteiger partial charge in [-0.05, 0) is 12.1 Å². The summed E-state index contributed by atoms with van der Waals surface area (Å²) >= 11 is 0. The Labute approximate surface area is 100 Å². The lowest BCUT2D eigenvalue weighted by Gasteiger charge is -2.27. The molecule has 0 amide bonds. The van der Waals surface area contributed by atoms with Crippen LogP contribution in [-0.2, 0) is 14.4 Å². The van der Waals surface area contributed by atoms with Crippen LogP contribution < -0.4 is 0 Å². The van der Waals surface area contributed by atoms with Crippen LogP contribution >= 0.6 is 0 Å². The summed E-state index contributed by atoms with van der Waals surface area (Å²) in [6, 6.07) is 2.67. The van der Waals surface area contributed by atoms with Crippen LogP contribution in [0, 0.1) is 0 Å². The van der Waals surface area contributed by atoms with E-state index >= 15 is 0 Å². The Hall–Kier alpha value is -2.35. The summed E-state index contributed by atoms with van der Waals surface area (Å²) in [6.45, 7) is 0. The fraction of sp³-hybridized carbons (Fsp3) is 0.300. The zero-order valence-corrected chi connectivity index (χ0v) is 9.03. The molecule has 18 heavy (non-hydrogen) atoms. The van der Waals surface area contributed by atoms with E-state index < -0.39 is 35.8 Å². The maximum atomic E-state index is 11.1. The molecule has 8 nitrogen and oxygen atoms in total. The number of rotatable bonds is 6. The second-order valence-electron chi connectivity index (χ2n) is 3.70. The minimum atomic E-state index is -2.93. The summed E-state index contributed by atoms with van der Waals surface area (Å²) in [5, 5.41) is 36.4. The summed E-state index contributed by atoms with van der Waals surface area (Å²) in [6.07, 6.45) is 0.118. The average Bonchev–Trinajstić information content (AvgIpc) is 2.68. The van der Waals surface area contributed by atoms with Gasteiger partial charge in [0.15, 0.2) is 5.60 Å². The van der Waals surface area contributed by atoms with Gasteiger partial charge in [-0.25, -0.2) is 4.79 Å².